The zero-order valence-electron chi connectivity index (χ0n) is 14.0. The Morgan fingerprint density at radius 1 is 0.577 bits per heavy atom. The molecule has 2 heterocycles. The largest absolute Gasteiger partial charge is 0.254 e. The lowest BCUT2D eigenvalue weighted by molar-refractivity contribution is 0.436. The number of hydrogen-bond acceptors (Lipinski definition) is 2. The minimum absolute atomic E-state index is 0.629. The molecule has 132 valence electrons. The van der Waals surface area contributed by atoms with Crippen LogP contribution in [0.1, 0.15) is 11.1 Å². The Labute approximate surface area is 147 Å². The fourth-order valence-corrected chi connectivity index (χ4v) is 2.53. The first-order chi connectivity index (χ1) is 12.4. The predicted octanol–water partition coefficient (Wildman–Crippen LogP) is 5.64. The van der Waals surface area contributed by atoms with Gasteiger partial charge in [0.15, 0.2) is 23.3 Å². The lowest BCUT2D eigenvalue weighted by atomic mass is 10.1. The first-order valence-corrected chi connectivity index (χ1v) is 7.79. The van der Waals surface area contributed by atoms with E-state index in [1.807, 2.05) is 12.1 Å². The van der Waals surface area contributed by atoms with Gasteiger partial charge in [-0.1, -0.05) is 24.3 Å². The topological polar surface area (TPSA) is 25.8 Å². The monoisotopic (exact) mass is 358 g/mol. The van der Waals surface area contributed by atoms with Gasteiger partial charge in [0.2, 0.25) is 0 Å². The number of nitrogens with zero attached hydrogens (tertiary/aromatic N) is 2. The summed E-state index contributed by atoms with van der Waals surface area (Å²) in [7, 11) is 0. The van der Waals surface area contributed by atoms with Gasteiger partial charge in [-0.05, 0) is 26.0 Å². The second kappa shape index (κ2) is 7.07. The third-order valence-electron chi connectivity index (χ3n) is 4.05. The molecule has 0 aliphatic carbocycles. The second-order valence-electron chi connectivity index (χ2n) is 5.72. The van der Waals surface area contributed by atoms with Gasteiger partial charge in [-0.25, -0.2) is 17.6 Å². The molecule has 0 N–H and O–H groups in total. The minimum Gasteiger partial charge on any atom is -0.254 e. The number of aromatic nitrogens is 2. The van der Waals surface area contributed by atoms with Gasteiger partial charge in [-0.15, -0.1) is 0 Å². The van der Waals surface area contributed by atoms with E-state index in [1.165, 1.54) is 0 Å². The Morgan fingerprint density at radius 2 is 0.923 bits per heavy atom. The van der Waals surface area contributed by atoms with Crippen molar-refractivity contribution in [3.63, 3.8) is 0 Å². The normalized spacial score (nSPS) is 10.7. The van der Waals surface area contributed by atoms with Crippen molar-refractivity contribution in [2.45, 2.75) is 13.8 Å². The molecule has 26 heavy (non-hydrogen) atoms. The minimum atomic E-state index is -1.33. The molecule has 2 aromatic carbocycles. The average molecular weight is 358 g/mol. The Kier molecular flexibility index (Phi) is 4.84. The standard InChI is InChI=1S/C12H8N2.C8H6F4/c1-3-9-5-6-10-4-2-8-14-12(10)11(9)13-7-1;1-3-5(9)7(11)4(2)8(12)6(3)10/h1-8H;1-2H3. The van der Waals surface area contributed by atoms with Crippen LogP contribution in [0.5, 0.6) is 0 Å². The van der Waals surface area contributed by atoms with Crippen molar-refractivity contribution in [2.75, 3.05) is 0 Å². The van der Waals surface area contributed by atoms with Crippen molar-refractivity contribution in [3.8, 4) is 0 Å². The molecule has 0 bridgehead atoms. The van der Waals surface area contributed by atoms with Gasteiger partial charge in [0, 0.05) is 34.3 Å². The van der Waals surface area contributed by atoms with Crippen molar-refractivity contribution in [3.05, 3.63) is 83.2 Å². The highest BCUT2D eigenvalue weighted by molar-refractivity contribution is 6.02. The summed E-state index contributed by atoms with van der Waals surface area (Å²) in [5.74, 6) is -5.31. The highest BCUT2D eigenvalue weighted by Crippen LogP contribution is 2.22. The molecule has 0 unspecified atom stereocenters. The van der Waals surface area contributed by atoms with Gasteiger partial charge in [-0.2, -0.15) is 0 Å². The maximum Gasteiger partial charge on any atom is 0.165 e. The van der Waals surface area contributed by atoms with Crippen LogP contribution in [0.15, 0.2) is 48.8 Å². The van der Waals surface area contributed by atoms with E-state index in [-0.39, 0.29) is 0 Å². The van der Waals surface area contributed by atoms with Gasteiger partial charge < -0.3 is 0 Å². The van der Waals surface area contributed by atoms with Crippen LogP contribution in [0.2, 0.25) is 0 Å². The Morgan fingerprint density at radius 3 is 1.27 bits per heavy atom. The molecule has 4 rings (SSSR count). The molecule has 6 heteroatoms. The fourth-order valence-electron chi connectivity index (χ4n) is 2.53. The molecular weight excluding hydrogens is 344 g/mol. The smallest absolute Gasteiger partial charge is 0.165 e. The first kappa shape index (κ1) is 17.8. The molecule has 0 radical (unpaired) electrons. The molecule has 0 aliphatic rings. The zero-order chi connectivity index (χ0) is 18.8. The van der Waals surface area contributed by atoms with Gasteiger partial charge in [0.25, 0.3) is 0 Å². The molecule has 0 saturated carbocycles. The highest BCUT2D eigenvalue weighted by Gasteiger charge is 2.19. The van der Waals surface area contributed by atoms with E-state index >= 15 is 0 Å². The number of fused-ring (bicyclic) bond motifs is 3. The van der Waals surface area contributed by atoms with Crippen molar-refractivity contribution in [1.29, 1.82) is 0 Å². The number of benzene rings is 2. The van der Waals surface area contributed by atoms with Crippen LogP contribution in [0.25, 0.3) is 21.8 Å². The van der Waals surface area contributed by atoms with E-state index in [1.54, 1.807) is 12.4 Å². The summed E-state index contributed by atoms with van der Waals surface area (Å²) >= 11 is 0. The Hall–Kier alpha value is -3.02. The van der Waals surface area contributed by atoms with E-state index in [2.05, 4.69) is 34.2 Å². The van der Waals surface area contributed by atoms with E-state index in [4.69, 9.17) is 0 Å². The van der Waals surface area contributed by atoms with Crippen LogP contribution in [-0.2, 0) is 0 Å². The van der Waals surface area contributed by atoms with Crippen molar-refractivity contribution >= 4 is 21.8 Å². The van der Waals surface area contributed by atoms with Gasteiger partial charge >= 0.3 is 0 Å². The quantitative estimate of drug-likeness (QED) is 0.231. The number of hydrogen-bond donors (Lipinski definition) is 0. The second-order valence-corrected chi connectivity index (χ2v) is 5.72. The average Bonchev–Trinajstić information content (AvgIpc) is 2.70. The van der Waals surface area contributed by atoms with Crippen molar-refractivity contribution in [1.82, 2.24) is 9.97 Å². The predicted molar refractivity (Wildman–Crippen MR) is 92.8 cm³/mol. The lowest BCUT2D eigenvalue weighted by Gasteiger charge is -2.04. The molecule has 0 atom stereocenters. The summed E-state index contributed by atoms with van der Waals surface area (Å²) in [5.41, 5.74) is 0.697. The molecule has 0 saturated heterocycles. The maximum atomic E-state index is 12.7. The van der Waals surface area contributed by atoms with Crippen molar-refractivity contribution < 1.29 is 17.6 Å². The number of rotatable bonds is 0. The number of halogens is 4. The van der Waals surface area contributed by atoms with Crippen LogP contribution in [0.4, 0.5) is 17.6 Å². The van der Waals surface area contributed by atoms with Gasteiger partial charge in [0.1, 0.15) is 0 Å². The van der Waals surface area contributed by atoms with Crippen LogP contribution in [0, 0.1) is 37.1 Å². The van der Waals surface area contributed by atoms with E-state index in [0.717, 1.165) is 35.7 Å². The third-order valence-corrected chi connectivity index (χ3v) is 4.05. The SMILES string of the molecule is Cc1c(F)c(F)c(C)c(F)c1F.c1cnc2c(c1)ccc1cccnc12. The maximum absolute atomic E-state index is 12.7. The van der Waals surface area contributed by atoms with Crippen molar-refractivity contribution in [2.24, 2.45) is 0 Å². The van der Waals surface area contributed by atoms with Gasteiger partial charge in [-0.3, -0.25) is 9.97 Å². The first-order valence-electron chi connectivity index (χ1n) is 7.79. The Balaban J connectivity index is 0.000000153. The fraction of sp³-hybridized carbons (Fsp3) is 0.100. The molecule has 0 amide bonds. The summed E-state index contributed by atoms with van der Waals surface area (Å²) in [6.45, 7) is 1.96. The summed E-state index contributed by atoms with van der Waals surface area (Å²) in [5, 5.41) is 2.28. The lowest BCUT2D eigenvalue weighted by Crippen LogP contribution is -2.02. The van der Waals surface area contributed by atoms with Crippen LogP contribution >= 0.6 is 0 Å². The van der Waals surface area contributed by atoms with E-state index in [9.17, 15) is 17.6 Å². The molecular formula is C20H14F4N2. The van der Waals surface area contributed by atoms with Gasteiger partial charge in [0.05, 0.1) is 11.0 Å². The van der Waals surface area contributed by atoms with Crippen LogP contribution < -0.4 is 0 Å². The zero-order valence-corrected chi connectivity index (χ0v) is 14.0. The summed E-state index contributed by atoms with van der Waals surface area (Å²) in [6, 6.07) is 12.1. The molecule has 2 aromatic heterocycles. The molecule has 0 fully saturated rings. The highest BCUT2D eigenvalue weighted by atomic mass is 19.2. The van der Waals surface area contributed by atoms with Crippen LogP contribution in [-0.4, -0.2) is 9.97 Å². The third kappa shape index (κ3) is 3.10. The molecule has 2 nitrogen and oxygen atoms in total. The number of pyridine rings is 2. The summed E-state index contributed by atoms with van der Waals surface area (Å²) in [6.07, 6.45) is 3.60. The van der Waals surface area contributed by atoms with Crippen LogP contribution in [0.3, 0.4) is 0 Å². The molecule has 4 aromatic rings. The van der Waals surface area contributed by atoms with E-state index < -0.39 is 34.4 Å². The Bertz CT molecular complexity index is 950. The summed E-state index contributed by atoms with van der Waals surface area (Å²) < 4.78 is 50.6. The molecule has 0 spiro atoms. The summed E-state index contributed by atoms with van der Waals surface area (Å²) in [4.78, 5) is 8.69. The van der Waals surface area contributed by atoms with E-state index in [0.29, 0.717) is 0 Å². The molecule has 0 aliphatic heterocycles.